The maximum absolute atomic E-state index is 11.6. The summed E-state index contributed by atoms with van der Waals surface area (Å²) in [5.74, 6) is -0.316. The van der Waals surface area contributed by atoms with E-state index in [9.17, 15) is 15.2 Å². The van der Waals surface area contributed by atoms with Crippen LogP contribution in [0.4, 0.5) is 11.4 Å². The first-order valence-electron chi connectivity index (χ1n) is 6.59. The molecule has 0 aromatic heterocycles. The van der Waals surface area contributed by atoms with Gasteiger partial charge in [0.25, 0.3) is 5.69 Å². The van der Waals surface area contributed by atoms with Crippen molar-refractivity contribution in [1.29, 1.82) is 0 Å². The molecule has 0 atom stereocenters. The highest BCUT2D eigenvalue weighted by atomic mass is 32.1. The number of anilines is 1. The smallest absolute Gasteiger partial charge is 0.271 e. The predicted molar refractivity (Wildman–Crippen MR) is 78.8 cm³/mol. The Morgan fingerprint density at radius 1 is 1.30 bits per heavy atom. The third kappa shape index (κ3) is 3.80. The van der Waals surface area contributed by atoms with Gasteiger partial charge in [-0.15, -0.1) is 0 Å². The molecule has 0 unspecified atom stereocenters. The molecule has 0 spiro atoms. The molecule has 2 rings (SSSR count). The second-order valence-corrected chi connectivity index (χ2v) is 5.28. The van der Waals surface area contributed by atoms with Crippen LogP contribution in [0.15, 0.2) is 18.2 Å². The van der Waals surface area contributed by atoms with Crippen LogP contribution in [-0.2, 0) is 0 Å². The quantitative estimate of drug-likeness (QED) is 0.505. The molecular formula is C13H16N3O3S-. The Labute approximate surface area is 122 Å². The van der Waals surface area contributed by atoms with Crippen LogP contribution in [0.3, 0.4) is 0 Å². The Bertz CT molecular complexity index is 516. The van der Waals surface area contributed by atoms with Crippen LogP contribution in [0.2, 0.25) is 0 Å². The SMILES string of the molecule is O=[N+]([O-])c1ccc([O-])c(NC(=S)NC2CCCCC2)c1. The number of rotatable bonds is 3. The molecule has 1 aliphatic carbocycles. The number of nitrogens with zero attached hydrogens (tertiary/aromatic N) is 1. The van der Waals surface area contributed by atoms with Crippen molar-refractivity contribution in [3.05, 3.63) is 28.3 Å². The van der Waals surface area contributed by atoms with E-state index in [4.69, 9.17) is 12.2 Å². The topological polar surface area (TPSA) is 90.3 Å². The van der Waals surface area contributed by atoms with E-state index in [2.05, 4.69) is 10.6 Å². The normalized spacial score (nSPS) is 15.6. The summed E-state index contributed by atoms with van der Waals surface area (Å²) in [7, 11) is 0. The van der Waals surface area contributed by atoms with Crippen molar-refractivity contribution in [2.45, 2.75) is 38.1 Å². The molecule has 7 heteroatoms. The van der Waals surface area contributed by atoms with Crippen molar-refractivity contribution in [2.24, 2.45) is 0 Å². The van der Waals surface area contributed by atoms with Crippen LogP contribution in [0.25, 0.3) is 0 Å². The summed E-state index contributed by atoms with van der Waals surface area (Å²) in [6.45, 7) is 0. The molecule has 20 heavy (non-hydrogen) atoms. The number of benzene rings is 1. The zero-order valence-corrected chi connectivity index (χ0v) is 11.7. The highest BCUT2D eigenvalue weighted by Crippen LogP contribution is 2.25. The van der Waals surface area contributed by atoms with Crippen molar-refractivity contribution in [2.75, 3.05) is 5.32 Å². The number of non-ortho nitro benzene ring substituents is 1. The summed E-state index contributed by atoms with van der Waals surface area (Å²) in [4.78, 5) is 10.2. The van der Waals surface area contributed by atoms with Crippen LogP contribution < -0.4 is 15.7 Å². The van der Waals surface area contributed by atoms with Gasteiger partial charge in [0, 0.05) is 23.9 Å². The third-order valence-corrected chi connectivity index (χ3v) is 3.58. The summed E-state index contributed by atoms with van der Waals surface area (Å²) in [5.41, 5.74) is 0.0000702. The molecular weight excluding hydrogens is 278 g/mol. The lowest BCUT2D eigenvalue weighted by molar-refractivity contribution is -0.385. The average Bonchev–Trinajstić information content (AvgIpc) is 2.42. The Morgan fingerprint density at radius 2 is 2.00 bits per heavy atom. The first-order chi connectivity index (χ1) is 9.56. The highest BCUT2D eigenvalue weighted by molar-refractivity contribution is 7.80. The van der Waals surface area contributed by atoms with Gasteiger partial charge in [0.05, 0.1) is 4.92 Å². The number of nitro benzene ring substituents is 1. The van der Waals surface area contributed by atoms with Gasteiger partial charge < -0.3 is 15.7 Å². The third-order valence-electron chi connectivity index (χ3n) is 3.36. The Balaban J connectivity index is 1.99. The Morgan fingerprint density at radius 3 is 2.65 bits per heavy atom. The van der Waals surface area contributed by atoms with Gasteiger partial charge in [0.2, 0.25) is 0 Å². The van der Waals surface area contributed by atoms with Crippen molar-refractivity contribution in [3.63, 3.8) is 0 Å². The Kier molecular flexibility index (Phi) is 4.73. The van der Waals surface area contributed by atoms with Gasteiger partial charge in [0.1, 0.15) is 0 Å². The summed E-state index contributed by atoms with van der Waals surface area (Å²) in [6, 6.07) is 3.88. The molecule has 1 fully saturated rings. The summed E-state index contributed by atoms with van der Waals surface area (Å²) in [6.07, 6.45) is 5.70. The molecule has 0 aliphatic heterocycles. The summed E-state index contributed by atoms with van der Waals surface area (Å²) >= 11 is 5.15. The lowest BCUT2D eigenvalue weighted by Gasteiger charge is -2.25. The van der Waals surface area contributed by atoms with Gasteiger partial charge >= 0.3 is 0 Å². The first-order valence-corrected chi connectivity index (χ1v) is 7.00. The first kappa shape index (κ1) is 14.5. The minimum atomic E-state index is -0.539. The number of hydrogen-bond donors (Lipinski definition) is 2. The average molecular weight is 294 g/mol. The van der Waals surface area contributed by atoms with Gasteiger partial charge in [-0.1, -0.05) is 31.1 Å². The molecule has 1 aromatic rings. The van der Waals surface area contributed by atoms with E-state index in [0.29, 0.717) is 11.2 Å². The zero-order valence-electron chi connectivity index (χ0n) is 10.9. The van der Waals surface area contributed by atoms with Crippen molar-refractivity contribution in [3.8, 4) is 5.75 Å². The maximum Gasteiger partial charge on any atom is 0.271 e. The standard InChI is InChI=1S/C13H17N3O3S/c17-12-7-6-10(16(18)19)8-11(12)15-13(20)14-9-4-2-1-3-5-9/h6-9,17H,1-5H2,(H2,14,15,20)/p-1. The zero-order chi connectivity index (χ0) is 14.5. The highest BCUT2D eigenvalue weighted by Gasteiger charge is 2.14. The van der Waals surface area contributed by atoms with Gasteiger partial charge in [-0.05, 0) is 25.1 Å². The second-order valence-electron chi connectivity index (χ2n) is 4.87. The molecule has 1 aromatic carbocycles. The van der Waals surface area contributed by atoms with Crippen molar-refractivity contribution < 1.29 is 10.0 Å². The van der Waals surface area contributed by atoms with E-state index in [1.807, 2.05) is 0 Å². The molecule has 1 aliphatic rings. The number of nitrogens with one attached hydrogen (secondary N) is 2. The van der Waals surface area contributed by atoms with Crippen LogP contribution in [0.1, 0.15) is 32.1 Å². The summed E-state index contributed by atoms with van der Waals surface area (Å²) in [5, 5.41) is 28.6. The van der Waals surface area contributed by atoms with E-state index in [0.717, 1.165) is 12.8 Å². The van der Waals surface area contributed by atoms with Crippen molar-refractivity contribution >= 4 is 28.7 Å². The number of thiocarbonyl (C=S) groups is 1. The van der Waals surface area contributed by atoms with E-state index in [-0.39, 0.29) is 17.1 Å². The van der Waals surface area contributed by atoms with E-state index < -0.39 is 4.92 Å². The molecule has 0 heterocycles. The van der Waals surface area contributed by atoms with Crippen LogP contribution >= 0.6 is 12.2 Å². The minimum absolute atomic E-state index is 0.132. The minimum Gasteiger partial charge on any atom is -0.871 e. The lowest BCUT2D eigenvalue weighted by atomic mass is 9.96. The largest absolute Gasteiger partial charge is 0.871 e. The molecule has 6 nitrogen and oxygen atoms in total. The van der Waals surface area contributed by atoms with Crippen molar-refractivity contribution in [1.82, 2.24) is 5.32 Å². The molecule has 2 N–H and O–H groups in total. The maximum atomic E-state index is 11.6. The predicted octanol–water partition coefficient (Wildman–Crippen LogP) is 2.29. The molecule has 0 bridgehead atoms. The van der Waals surface area contributed by atoms with Crippen LogP contribution in [0, 0.1) is 10.1 Å². The van der Waals surface area contributed by atoms with E-state index >= 15 is 0 Å². The van der Waals surface area contributed by atoms with Crippen LogP contribution in [0.5, 0.6) is 5.75 Å². The molecule has 108 valence electrons. The summed E-state index contributed by atoms with van der Waals surface area (Å²) < 4.78 is 0. The second kappa shape index (κ2) is 6.51. The number of nitro groups is 1. The molecule has 1 saturated carbocycles. The van der Waals surface area contributed by atoms with E-state index in [1.54, 1.807) is 0 Å². The molecule has 0 radical (unpaired) electrons. The molecule has 0 amide bonds. The van der Waals surface area contributed by atoms with Gasteiger partial charge in [-0.25, -0.2) is 0 Å². The number of hydrogen-bond acceptors (Lipinski definition) is 4. The molecule has 0 saturated heterocycles. The van der Waals surface area contributed by atoms with Gasteiger partial charge in [-0.2, -0.15) is 0 Å². The van der Waals surface area contributed by atoms with Crippen LogP contribution in [-0.4, -0.2) is 16.1 Å². The fourth-order valence-electron chi connectivity index (χ4n) is 2.32. The van der Waals surface area contributed by atoms with E-state index in [1.165, 1.54) is 37.5 Å². The fraction of sp³-hybridized carbons (Fsp3) is 0.462. The monoisotopic (exact) mass is 294 g/mol. The fourth-order valence-corrected chi connectivity index (χ4v) is 2.60. The lowest BCUT2D eigenvalue weighted by Crippen LogP contribution is -2.38. The van der Waals surface area contributed by atoms with Gasteiger partial charge in [0.15, 0.2) is 5.11 Å². The van der Waals surface area contributed by atoms with Gasteiger partial charge in [-0.3, -0.25) is 10.1 Å². The Hall–Kier alpha value is -1.89.